The number of ether oxygens (including phenoxy) is 1. The van der Waals surface area contributed by atoms with Gasteiger partial charge in [0.15, 0.2) is 0 Å². The second-order valence-corrected chi connectivity index (χ2v) is 8.44. The lowest BCUT2D eigenvalue weighted by Crippen LogP contribution is -2.20. The highest BCUT2D eigenvalue weighted by atomic mass is 35.5. The molecule has 0 saturated heterocycles. The van der Waals surface area contributed by atoms with Crippen molar-refractivity contribution in [3.8, 4) is 5.75 Å². The van der Waals surface area contributed by atoms with Crippen molar-refractivity contribution in [3.05, 3.63) is 112 Å². The number of methoxy groups -OCH3 is 1. The molecule has 1 atom stereocenters. The lowest BCUT2D eigenvalue weighted by atomic mass is 10.0. The second kappa shape index (κ2) is 10.1. The summed E-state index contributed by atoms with van der Waals surface area (Å²) in [5.41, 5.74) is 3.35. The Labute approximate surface area is 211 Å². The minimum Gasteiger partial charge on any atom is -0.497 e. The van der Waals surface area contributed by atoms with E-state index >= 15 is 0 Å². The molecule has 0 bridgehead atoms. The number of hydrogen-bond acceptors (Lipinski definition) is 5. The molecule has 0 fully saturated rings. The summed E-state index contributed by atoms with van der Waals surface area (Å²) in [5, 5.41) is 11.1. The maximum absolute atomic E-state index is 13.6. The van der Waals surface area contributed by atoms with Crippen LogP contribution in [0.5, 0.6) is 5.75 Å². The average Bonchev–Trinajstić information content (AvgIpc) is 3.30. The zero-order chi connectivity index (χ0) is 25.1. The van der Waals surface area contributed by atoms with E-state index in [-0.39, 0.29) is 23.7 Å². The predicted octanol–water partition coefficient (Wildman–Crippen LogP) is 5.79. The van der Waals surface area contributed by atoms with E-state index in [2.05, 4.69) is 20.7 Å². The monoisotopic (exact) mass is 501 g/mol. The number of carbonyl (C=O) groups is 1. The van der Waals surface area contributed by atoms with Gasteiger partial charge in [0.2, 0.25) is 5.95 Å². The van der Waals surface area contributed by atoms with E-state index in [1.165, 1.54) is 18.2 Å². The molecule has 9 heteroatoms. The number of anilines is 2. The van der Waals surface area contributed by atoms with E-state index in [4.69, 9.17) is 16.3 Å². The molecule has 2 N–H and O–H groups in total. The van der Waals surface area contributed by atoms with E-state index in [9.17, 15) is 9.18 Å². The number of fused-ring (bicyclic) bond motifs is 1. The van der Waals surface area contributed by atoms with Crippen molar-refractivity contribution < 1.29 is 13.9 Å². The fourth-order valence-corrected chi connectivity index (χ4v) is 3.91. The van der Waals surface area contributed by atoms with Crippen molar-refractivity contribution in [2.75, 3.05) is 17.7 Å². The molecule has 1 aliphatic heterocycles. The summed E-state index contributed by atoms with van der Waals surface area (Å²) in [6, 6.07) is 20.5. The first-order valence-electron chi connectivity index (χ1n) is 11.1. The zero-order valence-corrected chi connectivity index (χ0v) is 19.9. The smallest absolute Gasteiger partial charge is 0.250 e. The Bertz CT molecular complexity index is 1450. The maximum atomic E-state index is 13.6. The van der Waals surface area contributed by atoms with Gasteiger partial charge < -0.3 is 10.1 Å². The SMILES string of the molecule is COc1ccc(/C=C/C(=O)Nc2nc3n(n2)[C@H](c2ccc(F)cc2)C=C(c2ccc(Cl)cc2)N3)cc1. The summed E-state index contributed by atoms with van der Waals surface area (Å²) < 4.78 is 20.4. The molecule has 2 heterocycles. The van der Waals surface area contributed by atoms with Crippen LogP contribution in [-0.2, 0) is 4.79 Å². The van der Waals surface area contributed by atoms with Crippen LogP contribution in [0, 0.1) is 5.82 Å². The van der Waals surface area contributed by atoms with Crippen molar-refractivity contribution in [1.82, 2.24) is 14.8 Å². The number of carbonyl (C=O) groups excluding carboxylic acids is 1. The molecule has 1 amide bonds. The van der Waals surface area contributed by atoms with E-state index < -0.39 is 0 Å². The number of halogens is 2. The molecular weight excluding hydrogens is 481 g/mol. The van der Waals surface area contributed by atoms with E-state index in [1.807, 2.05) is 42.5 Å². The normalized spacial score (nSPS) is 14.6. The molecule has 0 spiro atoms. The number of aromatic nitrogens is 3. The number of rotatable bonds is 6. The third-order valence-electron chi connectivity index (χ3n) is 5.61. The van der Waals surface area contributed by atoms with Crippen molar-refractivity contribution in [1.29, 1.82) is 0 Å². The highest BCUT2D eigenvalue weighted by Gasteiger charge is 2.25. The lowest BCUT2D eigenvalue weighted by Gasteiger charge is -2.24. The van der Waals surface area contributed by atoms with Crippen LogP contribution in [0.4, 0.5) is 16.3 Å². The number of nitrogens with zero attached hydrogens (tertiary/aromatic N) is 3. The first-order valence-corrected chi connectivity index (χ1v) is 11.5. The van der Waals surface area contributed by atoms with Crippen molar-refractivity contribution >= 4 is 41.2 Å². The second-order valence-electron chi connectivity index (χ2n) is 8.01. The summed E-state index contributed by atoms with van der Waals surface area (Å²) in [4.78, 5) is 17.0. The minimum atomic E-state index is -0.377. The van der Waals surface area contributed by atoms with Crippen molar-refractivity contribution in [2.24, 2.45) is 0 Å². The Hall–Kier alpha value is -4.43. The van der Waals surface area contributed by atoms with Gasteiger partial charge >= 0.3 is 0 Å². The van der Waals surface area contributed by atoms with E-state index in [0.29, 0.717) is 11.0 Å². The van der Waals surface area contributed by atoms with Gasteiger partial charge in [0.05, 0.1) is 7.11 Å². The number of hydrogen-bond donors (Lipinski definition) is 2. The highest BCUT2D eigenvalue weighted by Crippen LogP contribution is 2.33. The van der Waals surface area contributed by atoms with Crippen LogP contribution in [-0.4, -0.2) is 27.8 Å². The molecule has 0 unspecified atom stereocenters. The van der Waals surface area contributed by atoms with E-state index in [0.717, 1.165) is 28.1 Å². The summed E-state index contributed by atoms with van der Waals surface area (Å²) in [7, 11) is 1.60. The third kappa shape index (κ3) is 5.13. The third-order valence-corrected chi connectivity index (χ3v) is 5.86. The molecule has 4 aromatic rings. The maximum Gasteiger partial charge on any atom is 0.250 e. The van der Waals surface area contributed by atoms with Crippen molar-refractivity contribution in [3.63, 3.8) is 0 Å². The van der Waals surface area contributed by atoms with Crippen LogP contribution in [0.2, 0.25) is 5.02 Å². The molecule has 1 aromatic heterocycles. The molecule has 0 saturated carbocycles. The predicted molar refractivity (Wildman–Crippen MR) is 138 cm³/mol. The fraction of sp³-hybridized carbons (Fsp3) is 0.0741. The van der Waals surface area contributed by atoms with Crippen LogP contribution in [0.15, 0.2) is 84.9 Å². The Morgan fingerprint density at radius 2 is 1.81 bits per heavy atom. The van der Waals surface area contributed by atoms with Crippen LogP contribution in [0.1, 0.15) is 22.7 Å². The van der Waals surface area contributed by atoms with Gasteiger partial charge in [-0.1, -0.05) is 48.0 Å². The minimum absolute atomic E-state index is 0.139. The zero-order valence-electron chi connectivity index (χ0n) is 19.2. The quantitative estimate of drug-likeness (QED) is 0.327. The van der Waals surface area contributed by atoms with Gasteiger partial charge in [-0.2, -0.15) is 4.98 Å². The molecule has 1 aliphatic rings. The Kier molecular flexibility index (Phi) is 6.51. The van der Waals surface area contributed by atoms with Crippen LogP contribution in [0.3, 0.4) is 0 Å². The largest absolute Gasteiger partial charge is 0.497 e. The van der Waals surface area contributed by atoms with Crippen LogP contribution >= 0.6 is 11.6 Å². The lowest BCUT2D eigenvalue weighted by molar-refractivity contribution is -0.111. The molecule has 36 heavy (non-hydrogen) atoms. The number of allylic oxidation sites excluding steroid dienone is 1. The van der Waals surface area contributed by atoms with Gasteiger partial charge in [0.25, 0.3) is 11.9 Å². The van der Waals surface area contributed by atoms with Crippen LogP contribution in [0.25, 0.3) is 11.8 Å². The standard InChI is InChI=1S/C27H21ClFN5O2/c1-36-22-13-2-17(3-14-22)4-15-25(35)31-26-32-27-30-23(18-5-9-20(28)10-6-18)16-24(34(27)33-26)19-7-11-21(29)12-8-19/h2-16,24H,1H3,(H2,30,31,32,33,35)/b15-4+/t24-/m0/s1. The fourth-order valence-electron chi connectivity index (χ4n) is 3.78. The highest BCUT2D eigenvalue weighted by molar-refractivity contribution is 6.30. The molecule has 7 nitrogen and oxygen atoms in total. The first kappa shape index (κ1) is 23.3. The summed E-state index contributed by atoms with van der Waals surface area (Å²) in [6.07, 6.45) is 5.06. The first-order chi connectivity index (χ1) is 17.5. The van der Waals surface area contributed by atoms with Gasteiger partial charge in [-0.25, -0.2) is 9.07 Å². The van der Waals surface area contributed by atoms with E-state index in [1.54, 1.807) is 42.1 Å². The molecule has 5 rings (SSSR count). The van der Waals surface area contributed by atoms with Gasteiger partial charge in [-0.05, 0) is 65.2 Å². The summed E-state index contributed by atoms with van der Waals surface area (Å²) in [5.74, 6) is 0.605. The number of nitrogens with one attached hydrogen (secondary N) is 2. The van der Waals surface area contributed by atoms with Gasteiger partial charge in [-0.3, -0.25) is 10.1 Å². The van der Waals surface area contributed by atoms with Gasteiger partial charge in [0, 0.05) is 16.8 Å². The number of benzene rings is 3. The topological polar surface area (TPSA) is 81.1 Å². The average molecular weight is 502 g/mol. The molecule has 180 valence electrons. The van der Waals surface area contributed by atoms with Gasteiger partial charge in [-0.15, -0.1) is 5.10 Å². The number of amides is 1. The molecule has 0 radical (unpaired) electrons. The van der Waals surface area contributed by atoms with Gasteiger partial charge in [0.1, 0.15) is 17.6 Å². The van der Waals surface area contributed by atoms with Crippen LogP contribution < -0.4 is 15.4 Å². The Morgan fingerprint density at radius 3 is 2.50 bits per heavy atom. The van der Waals surface area contributed by atoms with Crippen molar-refractivity contribution in [2.45, 2.75) is 6.04 Å². The Balaban J connectivity index is 1.40. The summed E-state index contributed by atoms with van der Waals surface area (Å²) in [6.45, 7) is 0. The Morgan fingerprint density at radius 1 is 1.08 bits per heavy atom. The summed E-state index contributed by atoms with van der Waals surface area (Å²) >= 11 is 6.05. The molecular formula is C27H21ClFN5O2. The molecule has 3 aromatic carbocycles. The molecule has 0 aliphatic carbocycles.